The van der Waals surface area contributed by atoms with Gasteiger partial charge in [-0.05, 0) is 56.7 Å². The van der Waals surface area contributed by atoms with Gasteiger partial charge in [-0.2, -0.15) is 0 Å². The van der Waals surface area contributed by atoms with Crippen LogP contribution in [0.15, 0.2) is 27.2 Å². The largest absolute Gasteiger partial charge is 0.380 e. The number of nitrogen functional groups attached to an aromatic ring is 1. The zero-order valence-corrected chi connectivity index (χ0v) is 11.0. The Bertz CT molecular complexity index is 515. The first-order chi connectivity index (χ1) is 7.09. The minimum absolute atomic E-state index is 0.312. The van der Waals surface area contributed by atoms with Crippen LogP contribution in [0.2, 0.25) is 0 Å². The van der Waals surface area contributed by atoms with E-state index in [0.29, 0.717) is 16.1 Å². The second-order valence-corrected chi connectivity index (χ2v) is 4.77. The van der Waals surface area contributed by atoms with Crippen molar-refractivity contribution in [2.24, 2.45) is 0 Å². The lowest BCUT2D eigenvalue weighted by molar-refractivity contribution is 0.435. The van der Waals surface area contributed by atoms with Crippen LogP contribution in [0.3, 0.4) is 0 Å². The molecule has 0 amide bonds. The Morgan fingerprint density at radius 3 is 2.73 bits per heavy atom. The smallest absolute Gasteiger partial charge is 0.183 e. The normalized spacial score (nSPS) is 10.6. The number of hydrogen-bond acceptors (Lipinski definition) is 3. The zero-order valence-electron chi connectivity index (χ0n) is 7.30. The SMILES string of the molecule is Nc1noc(-c2ccc(F)cc2Br)c1I. The molecule has 15 heavy (non-hydrogen) atoms. The summed E-state index contributed by atoms with van der Waals surface area (Å²) >= 11 is 5.29. The maximum absolute atomic E-state index is 12.9. The molecule has 0 aliphatic carbocycles. The Kier molecular flexibility index (Phi) is 2.96. The Labute approximate surface area is 107 Å². The van der Waals surface area contributed by atoms with Gasteiger partial charge in [0.05, 0.1) is 0 Å². The van der Waals surface area contributed by atoms with E-state index in [2.05, 4.69) is 21.1 Å². The molecule has 1 aromatic heterocycles. The van der Waals surface area contributed by atoms with Gasteiger partial charge < -0.3 is 10.3 Å². The van der Waals surface area contributed by atoms with Crippen LogP contribution >= 0.6 is 38.5 Å². The van der Waals surface area contributed by atoms with Crippen molar-refractivity contribution in [3.05, 3.63) is 32.1 Å². The van der Waals surface area contributed by atoms with Gasteiger partial charge in [-0.25, -0.2) is 4.39 Å². The molecule has 0 atom stereocenters. The molecular formula is C9H5BrFIN2O. The molecule has 6 heteroatoms. The molecule has 0 saturated carbocycles. The van der Waals surface area contributed by atoms with Gasteiger partial charge in [-0.3, -0.25) is 0 Å². The first kappa shape index (κ1) is 10.9. The Morgan fingerprint density at radius 2 is 2.20 bits per heavy atom. The Balaban J connectivity index is 2.59. The summed E-state index contributed by atoms with van der Waals surface area (Å²) < 4.78 is 19.3. The number of nitrogens with two attached hydrogens (primary N) is 1. The molecular weight excluding hydrogens is 378 g/mol. The van der Waals surface area contributed by atoms with Gasteiger partial charge in [0.1, 0.15) is 9.39 Å². The van der Waals surface area contributed by atoms with E-state index in [0.717, 1.165) is 9.13 Å². The zero-order chi connectivity index (χ0) is 11.0. The van der Waals surface area contributed by atoms with Crippen LogP contribution in [0.25, 0.3) is 11.3 Å². The second-order valence-electron chi connectivity index (χ2n) is 2.84. The van der Waals surface area contributed by atoms with E-state index in [1.807, 2.05) is 22.6 Å². The predicted molar refractivity (Wildman–Crippen MR) is 66.7 cm³/mol. The van der Waals surface area contributed by atoms with E-state index in [4.69, 9.17) is 10.3 Å². The second kappa shape index (κ2) is 4.09. The third-order valence-electron chi connectivity index (χ3n) is 1.84. The molecule has 0 aliphatic rings. The van der Waals surface area contributed by atoms with Crippen molar-refractivity contribution in [2.45, 2.75) is 0 Å². The van der Waals surface area contributed by atoms with Crippen LogP contribution in [-0.4, -0.2) is 5.16 Å². The molecule has 0 saturated heterocycles. The molecule has 3 nitrogen and oxygen atoms in total. The monoisotopic (exact) mass is 382 g/mol. The average Bonchev–Trinajstić information content (AvgIpc) is 2.49. The standard InChI is InChI=1S/C9H5BrFIN2O/c10-6-3-4(11)1-2-5(6)8-7(12)9(13)14-15-8/h1-3H,(H2,13,14). The fraction of sp³-hybridized carbons (Fsp3) is 0. The number of anilines is 1. The minimum atomic E-state index is -0.312. The van der Waals surface area contributed by atoms with Gasteiger partial charge in [0.25, 0.3) is 0 Å². The third kappa shape index (κ3) is 2.00. The van der Waals surface area contributed by atoms with Crippen molar-refractivity contribution in [2.75, 3.05) is 5.73 Å². The number of benzene rings is 1. The van der Waals surface area contributed by atoms with Gasteiger partial charge in [0.15, 0.2) is 11.6 Å². The van der Waals surface area contributed by atoms with Gasteiger partial charge >= 0.3 is 0 Å². The molecule has 2 aromatic rings. The lowest BCUT2D eigenvalue weighted by Crippen LogP contribution is -1.87. The first-order valence-electron chi connectivity index (χ1n) is 3.95. The summed E-state index contributed by atoms with van der Waals surface area (Å²) in [6.45, 7) is 0. The molecule has 0 unspecified atom stereocenters. The molecule has 1 heterocycles. The highest BCUT2D eigenvalue weighted by Gasteiger charge is 2.15. The molecule has 78 valence electrons. The highest BCUT2D eigenvalue weighted by Crippen LogP contribution is 2.34. The molecule has 2 N–H and O–H groups in total. The quantitative estimate of drug-likeness (QED) is 0.769. The molecule has 2 rings (SSSR count). The number of hydrogen-bond donors (Lipinski definition) is 1. The topological polar surface area (TPSA) is 52.0 Å². The van der Waals surface area contributed by atoms with E-state index in [-0.39, 0.29) is 5.82 Å². The van der Waals surface area contributed by atoms with Crippen LogP contribution in [0.4, 0.5) is 10.2 Å². The molecule has 0 fully saturated rings. The van der Waals surface area contributed by atoms with Crippen molar-refractivity contribution < 1.29 is 8.91 Å². The predicted octanol–water partition coefficient (Wildman–Crippen LogP) is 3.43. The summed E-state index contributed by atoms with van der Waals surface area (Å²) in [4.78, 5) is 0. The van der Waals surface area contributed by atoms with Crippen molar-refractivity contribution in [3.63, 3.8) is 0 Å². The number of aromatic nitrogens is 1. The fourth-order valence-electron chi connectivity index (χ4n) is 1.13. The van der Waals surface area contributed by atoms with Crippen LogP contribution in [-0.2, 0) is 0 Å². The van der Waals surface area contributed by atoms with Crippen LogP contribution in [0.5, 0.6) is 0 Å². The van der Waals surface area contributed by atoms with Crippen LogP contribution < -0.4 is 5.73 Å². The Hall–Kier alpha value is -0.630. The van der Waals surface area contributed by atoms with Gasteiger partial charge in [0.2, 0.25) is 0 Å². The molecule has 0 bridgehead atoms. The van der Waals surface area contributed by atoms with Gasteiger partial charge in [-0.1, -0.05) is 5.16 Å². The summed E-state index contributed by atoms with van der Waals surface area (Å²) in [5.41, 5.74) is 6.28. The maximum atomic E-state index is 12.9. The summed E-state index contributed by atoms with van der Waals surface area (Å²) in [6.07, 6.45) is 0. The van der Waals surface area contributed by atoms with E-state index in [1.54, 1.807) is 6.07 Å². The van der Waals surface area contributed by atoms with Crippen LogP contribution in [0, 0.1) is 9.39 Å². The lowest BCUT2D eigenvalue weighted by Gasteiger charge is -2.00. The summed E-state index contributed by atoms with van der Waals surface area (Å²) in [6, 6.07) is 4.33. The number of nitrogens with zero attached hydrogens (tertiary/aromatic N) is 1. The number of rotatable bonds is 1. The molecule has 0 spiro atoms. The van der Waals surface area contributed by atoms with E-state index in [9.17, 15) is 4.39 Å². The van der Waals surface area contributed by atoms with Gasteiger partial charge in [-0.15, -0.1) is 0 Å². The van der Waals surface area contributed by atoms with Crippen molar-refractivity contribution in [3.8, 4) is 11.3 Å². The fourth-order valence-corrected chi connectivity index (χ4v) is 2.15. The molecule has 0 radical (unpaired) electrons. The minimum Gasteiger partial charge on any atom is -0.380 e. The summed E-state index contributed by atoms with van der Waals surface area (Å²) in [5.74, 6) is 0.565. The summed E-state index contributed by atoms with van der Waals surface area (Å²) in [7, 11) is 0. The van der Waals surface area contributed by atoms with Crippen molar-refractivity contribution in [1.82, 2.24) is 5.16 Å². The van der Waals surface area contributed by atoms with Crippen molar-refractivity contribution >= 4 is 44.3 Å². The third-order valence-corrected chi connectivity index (χ3v) is 3.53. The van der Waals surface area contributed by atoms with Crippen molar-refractivity contribution in [1.29, 1.82) is 0 Å². The molecule has 1 aromatic carbocycles. The molecule has 0 aliphatic heterocycles. The average molecular weight is 383 g/mol. The van der Waals surface area contributed by atoms with Crippen LogP contribution in [0.1, 0.15) is 0 Å². The first-order valence-corrected chi connectivity index (χ1v) is 5.83. The summed E-state index contributed by atoms with van der Waals surface area (Å²) in [5, 5.41) is 3.64. The van der Waals surface area contributed by atoms with E-state index < -0.39 is 0 Å². The maximum Gasteiger partial charge on any atom is 0.183 e. The number of halogens is 3. The lowest BCUT2D eigenvalue weighted by atomic mass is 10.2. The van der Waals surface area contributed by atoms with Gasteiger partial charge in [0, 0.05) is 10.0 Å². The Morgan fingerprint density at radius 1 is 1.47 bits per heavy atom. The van der Waals surface area contributed by atoms with E-state index >= 15 is 0 Å². The van der Waals surface area contributed by atoms with E-state index in [1.165, 1.54) is 12.1 Å². The highest BCUT2D eigenvalue weighted by molar-refractivity contribution is 14.1. The highest BCUT2D eigenvalue weighted by atomic mass is 127.